The number of hydrogen-bond acceptors (Lipinski definition) is 5. The number of hydrogen-bond donors (Lipinski definition) is 2. The molecule has 0 saturated carbocycles. The molecule has 1 saturated heterocycles. The van der Waals surface area contributed by atoms with E-state index in [0.29, 0.717) is 22.9 Å². The number of piperazine rings is 1. The molecule has 7 heteroatoms. The number of benzene rings is 2. The molecule has 0 amide bonds. The largest absolute Gasteiger partial charge is 0.392 e. The van der Waals surface area contributed by atoms with Gasteiger partial charge in [-0.2, -0.15) is 5.26 Å². The van der Waals surface area contributed by atoms with Gasteiger partial charge < -0.3 is 24.5 Å². The average Bonchev–Trinajstić information content (AvgIpc) is 3.19. The van der Waals surface area contributed by atoms with E-state index in [1.807, 2.05) is 12.1 Å². The van der Waals surface area contributed by atoms with Gasteiger partial charge in [0.2, 0.25) is 0 Å². The summed E-state index contributed by atoms with van der Waals surface area (Å²) in [5.41, 5.74) is 4.67. The summed E-state index contributed by atoms with van der Waals surface area (Å²) in [5, 5.41) is 21.6. The third-order valence-corrected chi connectivity index (χ3v) is 6.78. The van der Waals surface area contributed by atoms with Crippen molar-refractivity contribution in [3.63, 3.8) is 0 Å². The third-order valence-electron chi connectivity index (χ3n) is 6.78. The van der Waals surface area contributed by atoms with Gasteiger partial charge in [0.25, 0.3) is 0 Å². The second kappa shape index (κ2) is 8.15. The fraction of sp³-hybridized carbons (Fsp3) is 0.407. The molecule has 1 aliphatic rings. The Morgan fingerprint density at radius 1 is 1.09 bits per heavy atom. The summed E-state index contributed by atoms with van der Waals surface area (Å²) in [6, 6.07) is 11.6. The lowest BCUT2D eigenvalue weighted by Crippen LogP contribution is -2.44. The van der Waals surface area contributed by atoms with Crippen molar-refractivity contribution in [3.05, 3.63) is 51.7 Å². The number of pyridine rings is 1. The lowest BCUT2D eigenvalue weighted by molar-refractivity contribution is 0.280. The van der Waals surface area contributed by atoms with Crippen LogP contribution in [0, 0.1) is 16.7 Å². The van der Waals surface area contributed by atoms with Crippen LogP contribution in [0.15, 0.2) is 35.1 Å². The van der Waals surface area contributed by atoms with Gasteiger partial charge in [-0.25, -0.2) is 0 Å². The maximum atomic E-state index is 13.8. The Morgan fingerprint density at radius 3 is 2.47 bits per heavy atom. The van der Waals surface area contributed by atoms with Crippen LogP contribution >= 0.6 is 0 Å². The highest BCUT2D eigenvalue weighted by Gasteiger charge is 2.23. The molecule has 0 spiro atoms. The molecule has 1 aliphatic heterocycles. The summed E-state index contributed by atoms with van der Waals surface area (Å²) >= 11 is 0. The highest BCUT2D eigenvalue weighted by Crippen LogP contribution is 2.33. The van der Waals surface area contributed by atoms with Crippen molar-refractivity contribution in [2.75, 3.05) is 38.1 Å². The van der Waals surface area contributed by atoms with E-state index in [0.717, 1.165) is 59.5 Å². The molecule has 0 atom stereocenters. The topological polar surface area (TPSA) is 88.3 Å². The molecule has 2 N–H and O–H groups in total. The lowest BCUT2D eigenvalue weighted by atomic mass is 9.95. The zero-order valence-electron chi connectivity index (χ0n) is 20.3. The van der Waals surface area contributed by atoms with Crippen LogP contribution in [0.5, 0.6) is 0 Å². The van der Waals surface area contributed by atoms with Crippen LogP contribution in [-0.4, -0.2) is 52.8 Å². The van der Waals surface area contributed by atoms with Gasteiger partial charge in [0, 0.05) is 60.3 Å². The molecule has 3 heterocycles. The number of aliphatic hydroxyl groups is 1. The first-order chi connectivity index (χ1) is 16.2. The van der Waals surface area contributed by atoms with Crippen molar-refractivity contribution in [2.45, 2.75) is 33.9 Å². The summed E-state index contributed by atoms with van der Waals surface area (Å²) in [7, 11) is 2.12. The molecule has 5 rings (SSSR count). The molecule has 0 unspecified atom stereocenters. The van der Waals surface area contributed by atoms with Gasteiger partial charge in [0.05, 0.1) is 29.1 Å². The van der Waals surface area contributed by atoms with Crippen LogP contribution in [-0.2, 0) is 13.2 Å². The summed E-state index contributed by atoms with van der Waals surface area (Å²) in [6.07, 6.45) is 0. The minimum Gasteiger partial charge on any atom is -0.392 e. The minimum absolute atomic E-state index is 0.0340. The molecule has 2 aromatic carbocycles. The number of fused-ring (bicyclic) bond motifs is 4. The van der Waals surface area contributed by atoms with E-state index in [1.54, 1.807) is 12.1 Å². The van der Waals surface area contributed by atoms with Crippen molar-refractivity contribution >= 4 is 38.5 Å². The first-order valence-corrected chi connectivity index (χ1v) is 11.8. The van der Waals surface area contributed by atoms with E-state index in [2.05, 4.69) is 59.3 Å². The SMILES string of the molecule is CN1CCN(c2cc3c(cc2CO)c(=O)c2c4ccc(C#N)cc4[nH]c2n3CC(C)(C)C)CC1. The van der Waals surface area contributed by atoms with Crippen molar-refractivity contribution in [3.8, 4) is 6.07 Å². The summed E-state index contributed by atoms with van der Waals surface area (Å²) < 4.78 is 2.21. The summed E-state index contributed by atoms with van der Waals surface area (Å²) in [6.45, 7) is 10.8. The molecular formula is C27H31N5O2. The van der Waals surface area contributed by atoms with Crippen LogP contribution in [0.1, 0.15) is 31.9 Å². The standard InChI is InChI=1S/C27H31N5O2/c1-27(2,3)16-32-23-13-22(31-9-7-30(4)8-10-31)18(15-33)12-20(23)25(34)24-19-6-5-17(14-28)11-21(19)29-26(24)32/h5-6,11-13,29,33H,7-10,15-16H2,1-4H3. The van der Waals surface area contributed by atoms with Gasteiger partial charge in [0.15, 0.2) is 5.43 Å². The number of likely N-dealkylation sites (N-methyl/N-ethyl adjacent to an activating group) is 1. The van der Waals surface area contributed by atoms with Crippen molar-refractivity contribution in [1.82, 2.24) is 14.5 Å². The van der Waals surface area contributed by atoms with Gasteiger partial charge in [-0.15, -0.1) is 0 Å². The molecule has 7 nitrogen and oxygen atoms in total. The molecule has 0 bridgehead atoms. The molecule has 1 fully saturated rings. The number of aromatic nitrogens is 2. The lowest BCUT2D eigenvalue weighted by Gasteiger charge is -2.35. The Morgan fingerprint density at radius 2 is 1.82 bits per heavy atom. The first-order valence-electron chi connectivity index (χ1n) is 11.8. The highest BCUT2D eigenvalue weighted by molar-refractivity contribution is 6.10. The Labute approximate surface area is 198 Å². The minimum atomic E-state index is -0.117. The average molecular weight is 458 g/mol. The number of H-pyrrole nitrogens is 1. The number of aliphatic hydroxyl groups excluding tert-OH is 1. The van der Waals surface area contributed by atoms with Crippen molar-refractivity contribution < 1.29 is 5.11 Å². The molecule has 34 heavy (non-hydrogen) atoms. The Bertz CT molecular complexity index is 1510. The highest BCUT2D eigenvalue weighted by atomic mass is 16.3. The van der Waals surface area contributed by atoms with E-state index in [-0.39, 0.29) is 17.5 Å². The Kier molecular flexibility index (Phi) is 5.38. The second-order valence-corrected chi connectivity index (χ2v) is 10.6. The maximum absolute atomic E-state index is 13.8. The monoisotopic (exact) mass is 457 g/mol. The summed E-state index contributed by atoms with van der Waals surface area (Å²) in [4.78, 5) is 21.9. The van der Waals surface area contributed by atoms with Crippen molar-refractivity contribution in [1.29, 1.82) is 5.26 Å². The molecule has 0 radical (unpaired) electrons. The van der Waals surface area contributed by atoms with E-state index in [1.165, 1.54) is 0 Å². The maximum Gasteiger partial charge on any atom is 0.199 e. The van der Waals surface area contributed by atoms with Gasteiger partial charge in [0.1, 0.15) is 5.65 Å². The normalized spacial score (nSPS) is 15.5. The molecular weight excluding hydrogens is 426 g/mol. The van der Waals surface area contributed by atoms with Crippen molar-refractivity contribution in [2.24, 2.45) is 5.41 Å². The number of aromatic amines is 1. The number of nitriles is 1. The second-order valence-electron chi connectivity index (χ2n) is 10.6. The molecule has 2 aromatic heterocycles. The molecule has 4 aromatic rings. The van der Waals surface area contributed by atoms with Crippen LogP contribution in [0.2, 0.25) is 0 Å². The fourth-order valence-corrected chi connectivity index (χ4v) is 5.07. The Balaban J connectivity index is 1.86. The van der Waals surface area contributed by atoms with E-state index < -0.39 is 0 Å². The first kappa shape index (κ1) is 22.5. The number of nitrogens with zero attached hydrogens (tertiary/aromatic N) is 4. The fourth-order valence-electron chi connectivity index (χ4n) is 5.07. The van der Waals surface area contributed by atoms with E-state index in [9.17, 15) is 15.2 Å². The van der Waals surface area contributed by atoms with Gasteiger partial charge in [-0.1, -0.05) is 26.8 Å². The smallest absolute Gasteiger partial charge is 0.199 e. The number of rotatable bonds is 3. The van der Waals surface area contributed by atoms with Crippen LogP contribution in [0.3, 0.4) is 0 Å². The zero-order valence-corrected chi connectivity index (χ0v) is 20.3. The van der Waals surface area contributed by atoms with Gasteiger partial charge >= 0.3 is 0 Å². The van der Waals surface area contributed by atoms with E-state index >= 15 is 0 Å². The van der Waals surface area contributed by atoms with Crippen LogP contribution in [0.4, 0.5) is 5.69 Å². The molecule has 176 valence electrons. The predicted octanol–water partition coefficient (Wildman–Crippen LogP) is 3.80. The quantitative estimate of drug-likeness (QED) is 0.489. The number of anilines is 1. The van der Waals surface area contributed by atoms with E-state index in [4.69, 9.17) is 0 Å². The number of nitrogens with one attached hydrogen (secondary N) is 1. The third kappa shape index (κ3) is 3.73. The molecule has 0 aliphatic carbocycles. The van der Waals surface area contributed by atoms with Crippen LogP contribution in [0.25, 0.3) is 32.8 Å². The summed E-state index contributed by atoms with van der Waals surface area (Å²) in [5.74, 6) is 0. The predicted molar refractivity (Wildman–Crippen MR) is 137 cm³/mol. The van der Waals surface area contributed by atoms with Gasteiger partial charge in [-0.3, -0.25) is 4.79 Å². The van der Waals surface area contributed by atoms with Crippen LogP contribution < -0.4 is 10.3 Å². The zero-order chi connectivity index (χ0) is 24.2. The Hall–Kier alpha value is -3.34. The van der Waals surface area contributed by atoms with Gasteiger partial charge in [-0.05, 0) is 36.7 Å².